The van der Waals surface area contributed by atoms with E-state index in [9.17, 15) is 5.11 Å². The smallest absolute Gasteiger partial charge is 0.207 e. The van der Waals surface area contributed by atoms with Crippen LogP contribution >= 0.6 is 0 Å². The minimum Gasteiger partial charge on any atom is -0.492 e. The van der Waals surface area contributed by atoms with Gasteiger partial charge in [-0.25, -0.2) is 5.11 Å². The zero-order chi connectivity index (χ0) is 17.7. The molecule has 0 saturated heterocycles. The molecule has 0 aliphatic rings. The molecule has 24 heavy (non-hydrogen) atoms. The zero-order valence-electron chi connectivity index (χ0n) is 14.8. The maximum Gasteiger partial charge on any atom is 0.207 e. The lowest BCUT2D eigenvalue weighted by Crippen LogP contribution is -2.06. The molecular formula is C19H23O5. The Kier molecular flexibility index (Phi) is 5.93. The third-order valence-corrected chi connectivity index (χ3v) is 4.14. The number of hydrogen-bond acceptors (Lipinski definition) is 4. The summed E-state index contributed by atoms with van der Waals surface area (Å²) in [5.41, 5.74) is 3.54. The van der Waals surface area contributed by atoms with Crippen LogP contribution in [0.5, 0.6) is 23.0 Å². The lowest BCUT2D eigenvalue weighted by molar-refractivity contribution is 0.177. The molecule has 2 aromatic carbocycles. The standard InChI is InChI=1S/C19H23O5/c1-12-15(10-13-8-6-7-9-14(13)11-20)17(22-3)19(24-5)18(23-4)16(12)21-2/h6-9H,10-11H2,1-5H3. The van der Waals surface area contributed by atoms with E-state index < -0.39 is 0 Å². The van der Waals surface area contributed by atoms with Crippen LogP contribution in [0.15, 0.2) is 24.3 Å². The molecule has 0 saturated carbocycles. The van der Waals surface area contributed by atoms with Crippen LogP contribution < -0.4 is 18.9 Å². The van der Waals surface area contributed by atoms with E-state index in [2.05, 4.69) is 0 Å². The highest BCUT2D eigenvalue weighted by Gasteiger charge is 2.25. The largest absolute Gasteiger partial charge is 0.492 e. The van der Waals surface area contributed by atoms with Gasteiger partial charge in [-0.1, -0.05) is 24.3 Å². The van der Waals surface area contributed by atoms with Crippen LogP contribution in [0.3, 0.4) is 0 Å². The van der Waals surface area contributed by atoms with Crippen LogP contribution in [0.2, 0.25) is 0 Å². The maximum atomic E-state index is 11.4. The molecule has 129 valence electrons. The van der Waals surface area contributed by atoms with Crippen LogP contribution in [0, 0.1) is 6.92 Å². The Morgan fingerprint density at radius 1 is 0.750 bits per heavy atom. The van der Waals surface area contributed by atoms with Crippen LogP contribution in [-0.4, -0.2) is 28.4 Å². The van der Waals surface area contributed by atoms with E-state index in [1.807, 2.05) is 31.2 Å². The van der Waals surface area contributed by atoms with Gasteiger partial charge in [0.15, 0.2) is 11.5 Å². The summed E-state index contributed by atoms with van der Waals surface area (Å²) in [4.78, 5) is 0. The summed E-state index contributed by atoms with van der Waals surface area (Å²) in [5.74, 6) is 2.17. The highest BCUT2D eigenvalue weighted by molar-refractivity contribution is 5.67. The van der Waals surface area contributed by atoms with Crippen molar-refractivity contribution in [3.8, 4) is 23.0 Å². The second-order valence-electron chi connectivity index (χ2n) is 5.33. The van der Waals surface area contributed by atoms with E-state index >= 15 is 0 Å². The van der Waals surface area contributed by atoms with Crippen molar-refractivity contribution >= 4 is 0 Å². The van der Waals surface area contributed by atoms with Gasteiger partial charge < -0.3 is 18.9 Å². The maximum absolute atomic E-state index is 11.4. The van der Waals surface area contributed by atoms with E-state index in [4.69, 9.17) is 18.9 Å². The monoisotopic (exact) mass is 331 g/mol. The van der Waals surface area contributed by atoms with Gasteiger partial charge in [0, 0.05) is 17.5 Å². The van der Waals surface area contributed by atoms with Crippen LogP contribution in [0.1, 0.15) is 22.3 Å². The third-order valence-electron chi connectivity index (χ3n) is 4.14. The summed E-state index contributed by atoms with van der Waals surface area (Å²) in [6.45, 7) is 1.68. The molecule has 5 heteroatoms. The predicted octanol–water partition coefficient (Wildman–Crippen LogP) is 3.55. The minimum atomic E-state index is -0.262. The minimum absolute atomic E-state index is 0.262. The summed E-state index contributed by atoms with van der Waals surface area (Å²) in [7, 11) is 6.30. The Morgan fingerprint density at radius 2 is 1.25 bits per heavy atom. The molecule has 0 amide bonds. The Balaban J connectivity index is 2.68. The van der Waals surface area contributed by atoms with Crippen molar-refractivity contribution in [2.24, 2.45) is 0 Å². The molecule has 1 radical (unpaired) electrons. The molecule has 0 aliphatic carbocycles. The summed E-state index contributed by atoms with van der Waals surface area (Å²) in [6.07, 6.45) is 0.546. The van der Waals surface area contributed by atoms with Crippen molar-refractivity contribution in [3.63, 3.8) is 0 Å². The first-order valence-electron chi connectivity index (χ1n) is 7.63. The Morgan fingerprint density at radius 3 is 1.75 bits per heavy atom. The number of hydrogen-bond donors (Lipinski definition) is 0. The van der Waals surface area contributed by atoms with Gasteiger partial charge in [-0.05, 0) is 18.1 Å². The number of benzene rings is 2. The van der Waals surface area contributed by atoms with Gasteiger partial charge in [0.2, 0.25) is 11.5 Å². The topological polar surface area (TPSA) is 56.8 Å². The first-order valence-corrected chi connectivity index (χ1v) is 7.63. The fraction of sp³-hybridized carbons (Fsp3) is 0.368. The molecule has 0 N–H and O–H groups in total. The molecule has 0 aromatic heterocycles. The summed E-state index contributed by atoms with van der Waals surface area (Å²) in [6, 6.07) is 7.60. The van der Waals surface area contributed by atoms with Crippen molar-refractivity contribution in [2.45, 2.75) is 20.0 Å². The molecule has 0 fully saturated rings. The quantitative estimate of drug-likeness (QED) is 0.778. The fourth-order valence-electron chi connectivity index (χ4n) is 2.93. The molecule has 0 unspecified atom stereocenters. The van der Waals surface area contributed by atoms with Gasteiger partial charge in [0.25, 0.3) is 0 Å². The summed E-state index contributed by atoms with van der Waals surface area (Å²) >= 11 is 0. The van der Waals surface area contributed by atoms with E-state index in [0.29, 0.717) is 29.4 Å². The third kappa shape index (κ3) is 3.12. The van der Waals surface area contributed by atoms with E-state index in [1.165, 1.54) is 0 Å². The molecule has 0 aliphatic heterocycles. The lowest BCUT2D eigenvalue weighted by Gasteiger charge is -2.22. The van der Waals surface area contributed by atoms with E-state index in [1.54, 1.807) is 28.4 Å². The van der Waals surface area contributed by atoms with Gasteiger partial charge in [-0.3, -0.25) is 0 Å². The molecule has 0 spiro atoms. The fourth-order valence-corrected chi connectivity index (χ4v) is 2.93. The summed E-state index contributed by atoms with van der Waals surface area (Å²) < 4.78 is 22.1. The average molecular weight is 331 g/mol. The van der Waals surface area contributed by atoms with Crippen molar-refractivity contribution in [1.82, 2.24) is 0 Å². The van der Waals surface area contributed by atoms with Crippen LogP contribution in [-0.2, 0) is 18.1 Å². The summed E-state index contributed by atoms with van der Waals surface area (Å²) in [5, 5.41) is 11.4. The van der Waals surface area contributed by atoms with E-state index in [-0.39, 0.29) is 6.61 Å². The van der Waals surface area contributed by atoms with Gasteiger partial charge in [-0.2, -0.15) is 0 Å². The second-order valence-corrected chi connectivity index (χ2v) is 5.33. The van der Waals surface area contributed by atoms with Gasteiger partial charge in [-0.15, -0.1) is 0 Å². The average Bonchev–Trinajstić information content (AvgIpc) is 2.62. The number of rotatable bonds is 7. The number of ether oxygens (including phenoxy) is 4. The van der Waals surface area contributed by atoms with Crippen LogP contribution in [0.4, 0.5) is 0 Å². The van der Waals surface area contributed by atoms with Gasteiger partial charge >= 0.3 is 0 Å². The molecule has 5 nitrogen and oxygen atoms in total. The highest BCUT2D eigenvalue weighted by Crippen LogP contribution is 2.49. The Labute approximate surface area is 142 Å². The van der Waals surface area contributed by atoms with Gasteiger partial charge in [0.1, 0.15) is 6.61 Å². The lowest BCUT2D eigenvalue weighted by atomic mass is 9.95. The second kappa shape index (κ2) is 7.93. The van der Waals surface area contributed by atoms with E-state index in [0.717, 1.165) is 22.3 Å². The molecule has 2 rings (SSSR count). The molecular weight excluding hydrogens is 308 g/mol. The molecule has 0 heterocycles. The molecule has 0 atom stereocenters. The van der Waals surface area contributed by atoms with Gasteiger partial charge in [0.05, 0.1) is 28.4 Å². The number of methoxy groups -OCH3 is 4. The van der Waals surface area contributed by atoms with Crippen molar-refractivity contribution in [3.05, 3.63) is 46.5 Å². The van der Waals surface area contributed by atoms with Crippen LogP contribution in [0.25, 0.3) is 0 Å². The molecule has 2 aromatic rings. The normalized spacial score (nSPS) is 10.4. The first-order chi connectivity index (χ1) is 11.6. The van der Waals surface area contributed by atoms with Crippen molar-refractivity contribution in [1.29, 1.82) is 0 Å². The molecule has 0 bridgehead atoms. The van der Waals surface area contributed by atoms with Crippen molar-refractivity contribution < 1.29 is 24.1 Å². The first kappa shape index (κ1) is 17.9. The van der Waals surface area contributed by atoms with Crippen molar-refractivity contribution in [2.75, 3.05) is 28.4 Å². The zero-order valence-corrected chi connectivity index (χ0v) is 14.8. The Hall–Kier alpha value is -2.40. The SMILES string of the molecule is COc1c(C)c(Cc2ccccc2C[O])c(OC)c(OC)c1OC. The highest BCUT2D eigenvalue weighted by atomic mass is 16.5. The Bertz CT molecular complexity index is 709. The predicted molar refractivity (Wildman–Crippen MR) is 91.0 cm³/mol.